The number of aliphatic hydroxyl groups excluding tert-OH is 2. The third kappa shape index (κ3) is 6.65. The highest BCUT2D eigenvalue weighted by atomic mass is 16.6. The summed E-state index contributed by atoms with van der Waals surface area (Å²) in [6.45, 7) is 5.91. The van der Waals surface area contributed by atoms with Crippen LogP contribution in [0.25, 0.3) is 0 Å². The van der Waals surface area contributed by atoms with E-state index < -0.39 is 40.4 Å². The molecule has 1 aromatic rings. The van der Waals surface area contributed by atoms with Crippen LogP contribution in [0.5, 0.6) is 0 Å². The molecule has 26 heavy (non-hydrogen) atoms. The molecule has 0 aliphatic carbocycles. The topological polar surface area (TPSA) is 151 Å². The van der Waals surface area contributed by atoms with Crippen LogP contribution in [-0.2, 0) is 9.53 Å². The van der Waals surface area contributed by atoms with E-state index in [1.54, 1.807) is 20.8 Å². The molecule has 4 N–H and O–H groups in total. The Bertz CT molecular complexity index is 685. The number of aliphatic hydroxyl groups is 2. The average Bonchev–Trinajstić information content (AvgIpc) is 2.49. The predicted molar refractivity (Wildman–Crippen MR) is 92.6 cm³/mol. The molecular weight excluding hydrogens is 346 g/mol. The molecule has 1 aromatic carbocycles. The minimum Gasteiger partial charge on any atom is -0.444 e. The fourth-order valence-electron chi connectivity index (χ4n) is 2.01. The van der Waals surface area contributed by atoms with Gasteiger partial charge in [0.15, 0.2) is 0 Å². The summed E-state index contributed by atoms with van der Waals surface area (Å²) in [5.74, 6) is -0.483. The third-order valence-electron chi connectivity index (χ3n) is 3.09. The molecule has 0 heterocycles. The largest absolute Gasteiger partial charge is 0.444 e. The number of carbonyl (C=O) groups is 2. The monoisotopic (exact) mass is 369 g/mol. The number of amides is 2. The van der Waals surface area contributed by atoms with Gasteiger partial charge in [0.2, 0.25) is 5.91 Å². The van der Waals surface area contributed by atoms with Crippen molar-refractivity contribution in [2.24, 2.45) is 0 Å². The maximum atomic E-state index is 11.6. The molecule has 0 saturated carbocycles. The van der Waals surface area contributed by atoms with E-state index in [9.17, 15) is 29.9 Å². The van der Waals surface area contributed by atoms with E-state index in [0.29, 0.717) is 0 Å². The SMILES string of the molecule is CC(=O)Nc1ccc(C(O)C(O)CNC(=O)OC(C)(C)C)cc1[N+](=O)[O-]. The highest BCUT2D eigenvalue weighted by Gasteiger charge is 2.24. The Morgan fingerprint density at radius 1 is 1.31 bits per heavy atom. The zero-order valence-corrected chi connectivity index (χ0v) is 15.0. The standard InChI is InChI=1S/C16H23N3O7/c1-9(20)18-11-6-5-10(7-12(11)19(24)25)14(22)13(21)8-17-15(23)26-16(2,3)4/h5-7,13-14,21-22H,8H2,1-4H3,(H,17,23)(H,18,20). The van der Waals surface area contributed by atoms with Crippen LogP contribution in [0.1, 0.15) is 39.4 Å². The fourth-order valence-corrected chi connectivity index (χ4v) is 2.01. The second kappa shape index (κ2) is 8.59. The van der Waals surface area contributed by atoms with Crippen LogP contribution >= 0.6 is 0 Å². The second-order valence-electron chi connectivity index (χ2n) is 6.61. The minimum absolute atomic E-state index is 0.0279. The number of anilines is 1. The first-order chi connectivity index (χ1) is 11.9. The third-order valence-corrected chi connectivity index (χ3v) is 3.09. The first kappa shape index (κ1) is 21.3. The number of nitrogens with zero attached hydrogens (tertiary/aromatic N) is 1. The molecule has 10 nitrogen and oxygen atoms in total. The summed E-state index contributed by atoms with van der Waals surface area (Å²) in [7, 11) is 0. The Balaban J connectivity index is 2.83. The smallest absolute Gasteiger partial charge is 0.407 e. The number of hydrogen-bond acceptors (Lipinski definition) is 7. The van der Waals surface area contributed by atoms with Crippen LogP contribution in [0, 0.1) is 10.1 Å². The Morgan fingerprint density at radius 2 is 1.92 bits per heavy atom. The Labute approximate surface area is 150 Å². The Morgan fingerprint density at radius 3 is 2.42 bits per heavy atom. The first-order valence-corrected chi connectivity index (χ1v) is 7.79. The van der Waals surface area contributed by atoms with Gasteiger partial charge in [-0.05, 0) is 32.4 Å². The molecular formula is C16H23N3O7. The van der Waals surface area contributed by atoms with Crippen LogP contribution in [0.4, 0.5) is 16.2 Å². The van der Waals surface area contributed by atoms with E-state index >= 15 is 0 Å². The fraction of sp³-hybridized carbons (Fsp3) is 0.500. The zero-order chi connectivity index (χ0) is 20.1. The highest BCUT2D eigenvalue weighted by molar-refractivity contribution is 5.91. The van der Waals surface area contributed by atoms with Crippen molar-refractivity contribution in [1.82, 2.24) is 5.32 Å². The summed E-state index contributed by atoms with van der Waals surface area (Å²) in [5, 5.41) is 35.9. The average molecular weight is 369 g/mol. The number of benzene rings is 1. The molecule has 0 saturated heterocycles. The second-order valence-corrected chi connectivity index (χ2v) is 6.61. The molecule has 2 atom stereocenters. The van der Waals surface area contributed by atoms with Crippen molar-refractivity contribution in [3.8, 4) is 0 Å². The van der Waals surface area contributed by atoms with Crippen molar-refractivity contribution in [2.75, 3.05) is 11.9 Å². The van der Waals surface area contributed by atoms with Crippen molar-refractivity contribution in [2.45, 2.75) is 45.5 Å². The number of carbonyl (C=O) groups excluding carboxylic acids is 2. The lowest BCUT2D eigenvalue weighted by molar-refractivity contribution is -0.384. The predicted octanol–water partition coefficient (Wildman–Crippen LogP) is 1.47. The van der Waals surface area contributed by atoms with E-state index in [0.717, 1.165) is 6.07 Å². The number of hydrogen-bond donors (Lipinski definition) is 4. The van der Waals surface area contributed by atoms with Crippen molar-refractivity contribution in [1.29, 1.82) is 0 Å². The molecule has 0 aromatic heterocycles. The van der Waals surface area contributed by atoms with E-state index in [1.165, 1.54) is 19.1 Å². The molecule has 2 unspecified atom stereocenters. The van der Waals surface area contributed by atoms with Gasteiger partial charge in [0.1, 0.15) is 23.5 Å². The summed E-state index contributed by atoms with van der Waals surface area (Å²) in [6, 6.07) is 3.64. The summed E-state index contributed by atoms with van der Waals surface area (Å²) in [5.41, 5.74) is -1.11. The number of nitro benzene ring substituents is 1. The van der Waals surface area contributed by atoms with Gasteiger partial charge in [-0.25, -0.2) is 4.79 Å². The Hall–Kier alpha value is -2.72. The number of alkyl carbamates (subject to hydrolysis) is 1. The van der Waals surface area contributed by atoms with Crippen LogP contribution in [0.15, 0.2) is 18.2 Å². The van der Waals surface area contributed by atoms with E-state index in [2.05, 4.69) is 10.6 Å². The normalized spacial score (nSPS) is 13.5. The van der Waals surface area contributed by atoms with Gasteiger partial charge in [0, 0.05) is 19.5 Å². The first-order valence-electron chi connectivity index (χ1n) is 7.79. The highest BCUT2D eigenvalue weighted by Crippen LogP contribution is 2.29. The van der Waals surface area contributed by atoms with Crippen molar-refractivity contribution >= 4 is 23.4 Å². The van der Waals surface area contributed by atoms with Crippen molar-refractivity contribution in [3.05, 3.63) is 33.9 Å². The van der Waals surface area contributed by atoms with Gasteiger partial charge in [-0.2, -0.15) is 0 Å². The van der Waals surface area contributed by atoms with Crippen molar-refractivity contribution in [3.63, 3.8) is 0 Å². The molecule has 0 spiro atoms. The molecule has 2 amide bonds. The summed E-state index contributed by atoms with van der Waals surface area (Å²) >= 11 is 0. The van der Waals surface area contributed by atoms with E-state index in [-0.39, 0.29) is 17.8 Å². The molecule has 0 aliphatic heterocycles. The van der Waals surface area contributed by atoms with E-state index in [1.807, 2.05) is 0 Å². The summed E-state index contributed by atoms with van der Waals surface area (Å²) in [4.78, 5) is 33.1. The lowest BCUT2D eigenvalue weighted by Gasteiger charge is -2.22. The molecule has 0 fully saturated rings. The maximum Gasteiger partial charge on any atom is 0.407 e. The summed E-state index contributed by atoms with van der Waals surface area (Å²) in [6.07, 6.45) is -3.68. The van der Waals surface area contributed by atoms with Gasteiger partial charge in [-0.1, -0.05) is 6.07 Å². The van der Waals surface area contributed by atoms with Gasteiger partial charge < -0.3 is 25.6 Å². The van der Waals surface area contributed by atoms with Gasteiger partial charge in [-0.3, -0.25) is 14.9 Å². The lowest BCUT2D eigenvalue weighted by Crippen LogP contribution is -2.38. The lowest BCUT2D eigenvalue weighted by atomic mass is 10.0. The molecule has 10 heteroatoms. The van der Waals surface area contributed by atoms with Gasteiger partial charge in [0.05, 0.1) is 4.92 Å². The quantitative estimate of drug-likeness (QED) is 0.438. The minimum atomic E-state index is -1.49. The van der Waals surface area contributed by atoms with Gasteiger partial charge >= 0.3 is 6.09 Å². The van der Waals surface area contributed by atoms with Crippen LogP contribution in [0.3, 0.4) is 0 Å². The molecule has 1 rings (SSSR count). The molecule has 144 valence electrons. The number of rotatable bonds is 6. The van der Waals surface area contributed by atoms with Crippen LogP contribution in [0.2, 0.25) is 0 Å². The molecule has 0 bridgehead atoms. The maximum absolute atomic E-state index is 11.6. The molecule has 0 aliphatic rings. The van der Waals surface area contributed by atoms with Crippen LogP contribution in [-0.4, -0.2) is 45.4 Å². The summed E-state index contributed by atoms with van der Waals surface area (Å²) < 4.78 is 5.00. The van der Waals surface area contributed by atoms with Gasteiger partial charge in [-0.15, -0.1) is 0 Å². The zero-order valence-electron chi connectivity index (χ0n) is 15.0. The Kier molecular flexibility index (Phi) is 7.04. The molecule has 0 radical (unpaired) electrons. The number of nitrogens with one attached hydrogen (secondary N) is 2. The van der Waals surface area contributed by atoms with E-state index in [4.69, 9.17) is 4.74 Å². The van der Waals surface area contributed by atoms with Gasteiger partial charge in [0.25, 0.3) is 5.69 Å². The number of ether oxygens (including phenoxy) is 1. The van der Waals surface area contributed by atoms with Crippen molar-refractivity contribution < 1.29 is 29.5 Å². The number of nitro groups is 1. The van der Waals surface area contributed by atoms with Crippen LogP contribution < -0.4 is 10.6 Å².